The Bertz CT molecular complexity index is 604. The Morgan fingerprint density at radius 1 is 1.29 bits per heavy atom. The maximum atomic E-state index is 12.5. The van der Waals surface area contributed by atoms with E-state index in [1.54, 1.807) is 0 Å². The third-order valence-electron chi connectivity index (χ3n) is 4.50. The van der Waals surface area contributed by atoms with E-state index in [-0.39, 0.29) is 35.2 Å². The van der Waals surface area contributed by atoms with Crippen LogP contribution < -0.4 is 4.90 Å². The highest BCUT2D eigenvalue weighted by Gasteiger charge is 2.53. The average Bonchev–Trinajstić information content (AvgIpc) is 3.00. The van der Waals surface area contributed by atoms with E-state index in [1.807, 2.05) is 0 Å². The molecule has 2 unspecified atom stereocenters. The molecule has 1 saturated heterocycles. The van der Waals surface area contributed by atoms with E-state index in [4.69, 9.17) is 5.11 Å². The molecule has 1 saturated carbocycles. The number of carbonyl (C=O) groups is 3. The summed E-state index contributed by atoms with van der Waals surface area (Å²) in [5, 5.41) is 8.96. The molecule has 2 heterocycles. The Balaban J connectivity index is 1.91. The molecule has 1 N–H and O–H groups in total. The first-order chi connectivity index (χ1) is 10.0. The smallest absolute Gasteiger partial charge is 0.354 e. The summed E-state index contributed by atoms with van der Waals surface area (Å²) in [5.74, 6) is -1.65. The Morgan fingerprint density at radius 3 is 2.43 bits per heavy atom. The van der Waals surface area contributed by atoms with Gasteiger partial charge in [-0.05, 0) is 30.9 Å². The Kier molecular flexibility index (Phi) is 3.23. The second-order valence-corrected chi connectivity index (χ2v) is 5.66. The standard InChI is InChI=1S/C15H16N2O4/c1-2-8-6-9-10(7-8)14(19)17(13(9)18)12-5-3-4-11(16-12)15(20)21/h3-5,8-10H,2,6-7H2,1H3,(H,20,21). The van der Waals surface area contributed by atoms with Crippen molar-refractivity contribution in [2.24, 2.45) is 17.8 Å². The lowest BCUT2D eigenvalue weighted by Crippen LogP contribution is -2.33. The minimum Gasteiger partial charge on any atom is -0.477 e. The van der Waals surface area contributed by atoms with Gasteiger partial charge in [0.15, 0.2) is 5.69 Å². The zero-order chi connectivity index (χ0) is 15.1. The summed E-state index contributed by atoms with van der Waals surface area (Å²) in [7, 11) is 0. The number of pyridine rings is 1. The van der Waals surface area contributed by atoms with Gasteiger partial charge in [0, 0.05) is 0 Å². The van der Waals surface area contributed by atoms with Gasteiger partial charge in [0.1, 0.15) is 5.82 Å². The topological polar surface area (TPSA) is 87.6 Å². The van der Waals surface area contributed by atoms with E-state index in [2.05, 4.69) is 11.9 Å². The average molecular weight is 288 g/mol. The third-order valence-corrected chi connectivity index (χ3v) is 4.50. The van der Waals surface area contributed by atoms with E-state index in [1.165, 1.54) is 18.2 Å². The molecule has 1 aliphatic heterocycles. The molecule has 6 heteroatoms. The minimum absolute atomic E-state index is 0.118. The van der Waals surface area contributed by atoms with Crippen LogP contribution in [0.15, 0.2) is 18.2 Å². The maximum absolute atomic E-state index is 12.5. The second-order valence-electron chi connectivity index (χ2n) is 5.66. The number of imide groups is 1. The van der Waals surface area contributed by atoms with Crippen LogP contribution >= 0.6 is 0 Å². The number of amides is 2. The Morgan fingerprint density at radius 2 is 1.90 bits per heavy atom. The lowest BCUT2D eigenvalue weighted by atomic mass is 10.00. The monoisotopic (exact) mass is 288 g/mol. The minimum atomic E-state index is -1.18. The van der Waals surface area contributed by atoms with E-state index >= 15 is 0 Å². The number of carbonyl (C=O) groups excluding carboxylic acids is 2. The fourth-order valence-corrected chi connectivity index (χ4v) is 3.36. The summed E-state index contributed by atoms with van der Waals surface area (Å²) in [5.41, 5.74) is -0.170. The Labute approximate surface area is 121 Å². The van der Waals surface area contributed by atoms with Crippen molar-refractivity contribution in [3.8, 4) is 0 Å². The Hall–Kier alpha value is -2.24. The van der Waals surface area contributed by atoms with E-state index in [0.717, 1.165) is 24.2 Å². The molecule has 21 heavy (non-hydrogen) atoms. The molecule has 2 aliphatic rings. The predicted octanol–water partition coefficient (Wildman–Crippen LogP) is 1.71. The van der Waals surface area contributed by atoms with Crippen LogP contribution in [-0.4, -0.2) is 27.9 Å². The highest BCUT2D eigenvalue weighted by atomic mass is 16.4. The van der Waals surface area contributed by atoms with Crippen LogP contribution in [0.25, 0.3) is 0 Å². The zero-order valence-electron chi connectivity index (χ0n) is 11.7. The number of rotatable bonds is 3. The van der Waals surface area contributed by atoms with Crippen molar-refractivity contribution < 1.29 is 19.5 Å². The van der Waals surface area contributed by atoms with Gasteiger partial charge < -0.3 is 5.11 Å². The van der Waals surface area contributed by atoms with Crippen LogP contribution in [0.4, 0.5) is 5.82 Å². The molecule has 0 bridgehead atoms. The van der Waals surface area contributed by atoms with Crippen molar-refractivity contribution in [1.29, 1.82) is 0 Å². The second kappa shape index (κ2) is 4.95. The molecule has 2 atom stereocenters. The number of hydrogen-bond donors (Lipinski definition) is 1. The molecule has 0 aromatic carbocycles. The summed E-state index contributed by atoms with van der Waals surface area (Å²) in [6, 6.07) is 4.33. The van der Waals surface area contributed by atoms with Crippen LogP contribution in [0.1, 0.15) is 36.7 Å². The fourth-order valence-electron chi connectivity index (χ4n) is 3.36. The molecule has 2 fully saturated rings. The molecule has 6 nitrogen and oxygen atoms in total. The van der Waals surface area contributed by atoms with Crippen molar-refractivity contribution in [2.75, 3.05) is 4.90 Å². The van der Waals surface area contributed by atoms with Gasteiger partial charge in [-0.3, -0.25) is 9.59 Å². The number of aromatic nitrogens is 1. The normalized spacial score (nSPS) is 28.0. The third kappa shape index (κ3) is 2.11. The molecule has 1 aromatic rings. The highest BCUT2D eigenvalue weighted by molar-refractivity contribution is 6.21. The number of aromatic carboxylic acids is 1. The molecule has 3 rings (SSSR count). The van der Waals surface area contributed by atoms with E-state index in [0.29, 0.717) is 5.92 Å². The van der Waals surface area contributed by atoms with Crippen molar-refractivity contribution in [3.63, 3.8) is 0 Å². The van der Waals surface area contributed by atoms with Crippen LogP contribution in [0.2, 0.25) is 0 Å². The molecule has 110 valence electrons. The summed E-state index contributed by atoms with van der Waals surface area (Å²) in [6.07, 6.45) is 2.45. The van der Waals surface area contributed by atoms with Crippen molar-refractivity contribution in [1.82, 2.24) is 4.98 Å². The number of nitrogens with zero attached hydrogens (tertiary/aromatic N) is 2. The SMILES string of the molecule is CCC1CC2C(=O)N(c3cccc(C(=O)O)n3)C(=O)C2C1. The van der Waals surface area contributed by atoms with Gasteiger partial charge in [-0.15, -0.1) is 0 Å². The van der Waals surface area contributed by atoms with Crippen LogP contribution in [-0.2, 0) is 9.59 Å². The summed E-state index contributed by atoms with van der Waals surface area (Å²) in [6.45, 7) is 2.07. The zero-order valence-corrected chi connectivity index (χ0v) is 11.7. The van der Waals surface area contributed by atoms with Crippen LogP contribution in [0.5, 0.6) is 0 Å². The van der Waals surface area contributed by atoms with Gasteiger partial charge >= 0.3 is 5.97 Å². The van der Waals surface area contributed by atoms with Gasteiger partial charge in [0.2, 0.25) is 11.8 Å². The lowest BCUT2D eigenvalue weighted by molar-refractivity contribution is -0.123. The summed E-state index contributed by atoms with van der Waals surface area (Å²) >= 11 is 0. The summed E-state index contributed by atoms with van der Waals surface area (Å²) < 4.78 is 0. The number of carboxylic acid groups (broad SMARTS) is 1. The molecular weight excluding hydrogens is 272 g/mol. The van der Waals surface area contributed by atoms with Crippen LogP contribution in [0.3, 0.4) is 0 Å². The number of anilines is 1. The van der Waals surface area contributed by atoms with Gasteiger partial charge in [0.05, 0.1) is 11.8 Å². The van der Waals surface area contributed by atoms with E-state index in [9.17, 15) is 14.4 Å². The van der Waals surface area contributed by atoms with Gasteiger partial charge in [-0.25, -0.2) is 14.7 Å². The molecular formula is C15H16N2O4. The van der Waals surface area contributed by atoms with Crippen LogP contribution in [0, 0.1) is 17.8 Å². The highest BCUT2D eigenvalue weighted by Crippen LogP contribution is 2.45. The van der Waals surface area contributed by atoms with Crippen molar-refractivity contribution in [3.05, 3.63) is 23.9 Å². The predicted molar refractivity (Wildman–Crippen MR) is 73.7 cm³/mol. The first kappa shape index (κ1) is 13.7. The molecule has 0 radical (unpaired) electrons. The lowest BCUT2D eigenvalue weighted by Gasteiger charge is -2.16. The fraction of sp³-hybridized carbons (Fsp3) is 0.467. The van der Waals surface area contributed by atoms with E-state index < -0.39 is 5.97 Å². The first-order valence-corrected chi connectivity index (χ1v) is 7.11. The molecule has 1 aliphatic carbocycles. The number of hydrogen-bond acceptors (Lipinski definition) is 4. The summed E-state index contributed by atoms with van der Waals surface area (Å²) in [4.78, 5) is 40.8. The van der Waals surface area contributed by atoms with Gasteiger partial charge in [-0.1, -0.05) is 19.4 Å². The number of carboxylic acids is 1. The first-order valence-electron chi connectivity index (χ1n) is 7.11. The van der Waals surface area contributed by atoms with Crippen molar-refractivity contribution >= 4 is 23.6 Å². The molecule has 1 aromatic heterocycles. The van der Waals surface area contributed by atoms with Crippen molar-refractivity contribution in [2.45, 2.75) is 26.2 Å². The number of fused-ring (bicyclic) bond motifs is 1. The maximum Gasteiger partial charge on any atom is 0.354 e. The van der Waals surface area contributed by atoms with Gasteiger partial charge in [0.25, 0.3) is 0 Å². The largest absolute Gasteiger partial charge is 0.477 e. The quantitative estimate of drug-likeness (QED) is 0.855. The molecule has 2 amide bonds. The van der Waals surface area contributed by atoms with Gasteiger partial charge in [-0.2, -0.15) is 0 Å². The molecule has 0 spiro atoms.